The highest BCUT2D eigenvalue weighted by molar-refractivity contribution is 5.69. The van der Waals surface area contributed by atoms with Gasteiger partial charge in [-0.3, -0.25) is 4.79 Å². The van der Waals surface area contributed by atoms with E-state index in [9.17, 15) is 4.79 Å². The van der Waals surface area contributed by atoms with Crippen molar-refractivity contribution in [3.05, 3.63) is 84.4 Å². The van der Waals surface area contributed by atoms with Crippen LogP contribution in [-0.4, -0.2) is 23.7 Å². The molecule has 0 radical (unpaired) electrons. The molecule has 4 rings (SSSR count). The molecule has 3 aromatic rings. The van der Waals surface area contributed by atoms with Gasteiger partial charge < -0.3 is 19.5 Å². The fourth-order valence-electron chi connectivity index (χ4n) is 3.78. The second-order valence-electron chi connectivity index (χ2n) is 7.43. The number of rotatable bonds is 8. The maximum atomic E-state index is 11.1. The van der Waals surface area contributed by atoms with Gasteiger partial charge in [-0.2, -0.15) is 0 Å². The Morgan fingerprint density at radius 1 is 0.900 bits per heavy atom. The predicted octanol–water partition coefficient (Wildman–Crippen LogP) is 5.50. The summed E-state index contributed by atoms with van der Waals surface area (Å²) in [5.41, 5.74) is 2.16. The molecule has 1 N–H and O–H groups in total. The minimum absolute atomic E-state index is 0.0673. The molecule has 0 bridgehead atoms. The topological polar surface area (TPSA) is 59.0 Å². The van der Waals surface area contributed by atoms with Crippen molar-refractivity contribution in [1.29, 1.82) is 0 Å². The molecule has 0 aromatic heterocycles. The van der Waals surface area contributed by atoms with Crippen LogP contribution in [0.15, 0.2) is 78.9 Å². The van der Waals surface area contributed by atoms with Gasteiger partial charge in [-0.1, -0.05) is 30.3 Å². The first-order valence-electron chi connectivity index (χ1n) is 10.2. The number of anilines is 1. The number of ether oxygens (including phenoxy) is 2. The van der Waals surface area contributed by atoms with Crippen LogP contribution in [0.3, 0.4) is 0 Å². The molecular formula is C25H25NO4. The molecule has 5 heteroatoms. The summed E-state index contributed by atoms with van der Waals surface area (Å²) in [5, 5.41) is 9.10. The van der Waals surface area contributed by atoms with Gasteiger partial charge in [0.05, 0.1) is 6.42 Å². The van der Waals surface area contributed by atoms with Crippen LogP contribution in [0.2, 0.25) is 0 Å². The summed E-state index contributed by atoms with van der Waals surface area (Å²) in [7, 11) is 0. The van der Waals surface area contributed by atoms with Gasteiger partial charge in [0.2, 0.25) is 0 Å². The first-order valence-corrected chi connectivity index (χ1v) is 10.2. The summed E-state index contributed by atoms with van der Waals surface area (Å²) >= 11 is 0. The number of carbonyl (C=O) groups is 1. The number of hydrogen-bond acceptors (Lipinski definition) is 4. The highest BCUT2D eigenvalue weighted by Gasteiger charge is 2.26. The Bertz CT molecular complexity index is 955. The van der Waals surface area contributed by atoms with E-state index in [1.807, 2.05) is 78.9 Å². The highest BCUT2D eigenvalue weighted by Crippen LogP contribution is 2.30. The van der Waals surface area contributed by atoms with Crippen LogP contribution in [0.25, 0.3) is 0 Å². The van der Waals surface area contributed by atoms with Crippen LogP contribution in [-0.2, 0) is 11.4 Å². The zero-order valence-corrected chi connectivity index (χ0v) is 16.7. The smallest absolute Gasteiger partial charge is 0.305 e. The lowest BCUT2D eigenvalue weighted by atomic mass is 10.1. The lowest BCUT2D eigenvalue weighted by molar-refractivity contribution is -0.137. The van der Waals surface area contributed by atoms with E-state index in [-0.39, 0.29) is 12.5 Å². The molecule has 0 amide bonds. The van der Waals surface area contributed by atoms with E-state index in [1.165, 1.54) is 0 Å². The summed E-state index contributed by atoms with van der Waals surface area (Å²) in [6, 6.07) is 25.5. The summed E-state index contributed by atoms with van der Waals surface area (Å²) in [6.45, 7) is 1.42. The first kappa shape index (κ1) is 19.8. The van der Waals surface area contributed by atoms with Gasteiger partial charge in [0, 0.05) is 18.3 Å². The number of aliphatic carboxylic acids is 1. The third-order valence-electron chi connectivity index (χ3n) is 5.26. The van der Waals surface area contributed by atoms with Crippen LogP contribution in [0, 0.1) is 0 Å². The molecule has 1 heterocycles. The van der Waals surface area contributed by atoms with Crippen LogP contribution >= 0.6 is 0 Å². The Morgan fingerprint density at radius 3 is 2.20 bits per heavy atom. The molecule has 1 fully saturated rings. The summed E-state index contributed by atoms with van der Waals surface area (Å²) < 4.78 is 11.7. The molecule has 1 unspecified atom stereocenters. The van der Waals surface area contributed by atoms with Crippen molar-refractivity contribution >= 4 is 11.7 Å². The Hall–Kier alpha value is -3.47. The Morgan fingerprint density at radius 2 is 1.53 bits per heavy atom. The van der Waals surface area contributed by atoms with Crippen molar-refractivity contribution in [1.82, 2.24) is 0 Å². The van der Waals surface area contributed by atoms with E-state index in [0.717, 1.165) is 47.9 Å². The average Bonchev–Trinajstić information content (AvgIpc) is 3.22. The number of carboxylic acids is 1. The molecule has 1 atom stereocenters. The van der Waals surface area contributed by atoms with Crippen molar-refractivity contribution in [3.63, 3.8) is 0 Å². The van der Waals surface area contributed by atoms with Crippen LogP contribution in [0.5, 0.6) is 17.2 Å². The molecule has 0 saturated carbocycles. The largest absolute Gasteiger partial charge is 0.489 e. The van der Waals surface area contributed by atoms with Gasteiger partial charge >= 0.3 is 5.97 Å². The van der Waals surface area contributed by atoms with Crippen LogP contribution in [0.4, 0.5) is 5.69 Å². The van der Waals surface area contributed by atoms with Gasteiger partial charge in [-0.25, -0.2) is 0 Å². The van der Waals surface area contributed by atoms with Crippen molar-refractivity contribution in [2.24, 2.45) is 0 Å². The molecule has 30 heavy (non-hydrogen) atoms. The molecule has 5 nitrogen and oxygen atoms in total. The minimum atomic E-state index is -0.747. The standard InChI is InChI=1S/C25H25NO4/c27-25(28)17-21-7-4-16-26(21)20-8-10-23(11-9-20)30-24-14-12-22(13-15-24)29-18-19-5-2-1-3-6-19/h1-3,5-6,8-15,21H,4,7,16-18H2,(H,27,28). The van der Waals surface area contributed by atoms with Gasteiger partial charge in [0.15, 0.2) is 0 Å². The van der Waals surface area contributed by atoms with Crippen LogP contribution < -0.4 is 14.4 Å². The zero-order chi connectivity index (χ0) is 20.8. The molecule has 0 spiro atoms. The van der Waals surface area contributed by atoms with Crippen molar-refractivity contribution in [2.45, 2.75) is 31.9 Å². The number of hydrogen-bond donors (Lipinski definition) is 1. The van der Waals surface area contributed by atoms with E-state index >= 15 is 0 Å². The third-order valence-corrected chi connectivity index (χ3v) is 5.26. The van der Waals surface area contributed by atoms with Crippen molar-refractivity contribution in [2.75, 3.05) is 11.4 Å². The maximum absolute atomic E-state index is 11.1. The fraction of sp³-hybridized carbons (Fsp3) is 0.240. The van der Waals surface area contributed by atoms with Gasteiger partial charge in [-0.05, 0) is 66.9 Å². The highest BCUT2D eigenvalue weighted by atomic mass is 16.5. The van der Waals surface area contributed by atoms with Gasteiger partial charge in [0.25, 0.3) is 0 Å². The molecule has 0 aliphatic carbocycles. The minimum Gasteiger partial charge on any atom is -0.489 e. The van der Waals surface area contributed by atoms with E-state index in [4.69, 9.17) is 14.6 Å². The Labute approximate surface area is 176 Å². The first-order chi connectivity index (χ1) is 14.7. The quantitative estimate of drug-likeness (QED) is 0.538. The molecular weight excluding hydrogens is 378 g/mol. The molecule has 154 valence electrons. The molecule has 1 aliphatic heterocycles. The number of benzene rings is 3. The molecule has 1 saturated heterocycles. The van der Waals surface area contributed by atoms with Crippen molar-refractivity contribution in [3.8, 4) is 17.2 Å². The van der Waals surface area contributed by atoms with E-state index in [1.54, 1.807) is 0 Å². The number of carboxylic acid groups (broad SMARTS) is 1. The predicted molar refractivity (Wildman–Crippen MR) is 116 cm³/mol. The Kier molecular flexibility index (Phi) is 6.18. The summed E-state index contributed by atoms with van der Waals surface area (Å²) in [5.74, 6) is 1.52. The monoisotopic (exact) mass is 403 g/mol. The fourth-order valence-corrected chi connectivity index (χ4v) is 3.78. The summed E-state index contributed by atoms with van der Waals surface area (Å²) in [4.78, 5) is 13.2. The third kappa shape index (κ3) is 5.11. The second-order valence-corrected chi connectivity index (χ2v) is 7.43. The zero-order valence-electron chi connectivity index (χ0n) is 16.7. The van der Waals surface area contributed by atoms with Gasteiger partial charge in [0.1, 0.15) is 23.9 Å². The van der Waals surface area contributed by atoms with Crippen molar-refractivity contribution < 1.29 is 19.4 Å². The average molecular weight is 403 g/mol. The normalized spacial score (nSPS) is 15.7. The second kappa shape index (κ2) is 9.35. The lowest BCUT2D eigenvalue weighted by Gasteiger charge is -2.25. The van der Waals surface area contributed by atoms with Crippen LogP contribution in [0.1, 0.15) is 24.8 Å². The summed E-state index contributed by atoms with van der Waals surface area (Å²) in [6.07, 6.45) is 2.12. The maximum Gasteiger partial charge on any atom is 0.305 e. The molecule has 3 aromatic carbocycles. The number of nitrogens with zero attached hydrogens (tertiary/aromatic N) is 1. The Balaban J connectivity index is 1.33. The SMILES string of the molecule is O=C(O)CC1CCCN1c1ccc(Oc2ccc(OCc3ccccc3)cc2)cc1. The van der Waals surface area contributed by atoms with E-state index in [0.29, 0.717) is 6.61 Å². The van der Waals surface area contributed by atoms with E-state index < -0.39 is 5.97 Å². The van der Waals surface area contributed by atoms with Gasteiger partial charge in [-0.15, -0.1) is 0 Å². The molecule has 1 aliphatic rings. The van der Waals surface area contributed by atoms with E-state index in [2.05, 4.69) is 4.90 Å². The lowest BCUT2D eigenvalue weighted by Crippen LogP contribution is -2.31.